The van der Waals surface area contributed by atoms with Gasteiger partial charge in [0, 0.05) is 6.54 Å². The Kier molecular flexibility index (Phi) is 6.10. The zero-order valence-electron chi connectivity index (χ0n) is 15.6. The van der Waals surface area contributed by atoms with Gasteiger partial charge in [-0.05, 0) is 30.7 Å². The lowest BCUT2D eigenvalue weighted by molar-refractivity contribution is 0.102. The molecule has 2 aromatic carbocycles. The molecule has 0 radical (unpaired) electrons. The Morgan fingerprint density at radius 1 is 0.828 bits per heavy atom. The summed E-state index contributed by atoms with van der Waals surface area (Å²) in [6.45, 7) is 2.56. The molecule has 0 aliphatic heterocycles. The van der Waals surface area contributed by atoms with E-state index in [2.05, 4.69) is 25.8 Å². The summed E-state index contributed by atoms with van der Waals surface area (Å²) in [6.07, 6.45) is 0.825. The number of aromatic hydroxyl groups is 2. The average molecular weight is 393 g/mol. The molecule has 0 saturated heterocycles. The number of aromatic nitrogens is 3. The fourth-order valence-corrected chi connectivity index (χ4v) is 2.47. The molecule has 9 nitrogen and oxygen atoms in total. The normalized spacial score (nSPS) is 10.5. The minimum atomic E-state index is -0.671. The minimum absolute atomic E-state index is 0.00729. The van der Waals surface area contributed by atoms with E-state index in [0.29, 0.717) is 6.54 Å². The first kappa shape index (κ1) is 19.9. The summed E-state index contributed by atoms with van der Waals surface area (Å²) in [7, 11) is 0. The number of hydrazine groups is 1. The smallest absolute Gasteiger partial charge is 0.241 e. The molecule has 29 heavy (non-hydrogen) atoms. The molecule has 9 heteroatoms. The van der Waals surface area contributed by atoms with Gasteiger partial charge in [-0.1, -0.05) is 31.2 Å². The highest BCUT2D eigenvalue weighted by Crippen LogP contribution is 2.21. The van der Waals surface area contributed by atoms with Crippen LogP contribution in [0.5, 0.6) is 11.5 Å². The third-order valence-corrected chi connectivity index (χ3v) is 3.91. The van der Waals surface area contributed by atoms with Gasteiger partial charge in [0.15, 0.2) is 0 Å². The van der Waals surface area contributed by atoms with Crippen molar-refractivity contribution < 1.29 is 19.8 Å². The van der Waals surface area contributed by atoms with E-state index in [9.17, 15) is 19.8 Å². The molecule has 1 aromatic heterocycles. The third-order valence-electron chi connectivity index (χ3n) is 3.91. The molecule has 0 unspecified atom stereocenters. The van der Waals surface area contributed by atoms with Crippen LogP contribution in [0.1, 0.15) is 45.7 Å². The van der Waals surface area contributed by atoms with Crippen molar-refractivity contribution in [1.29, 1.82) is 0 Å². The molecule has 0 saturated carbocycles. The molecule has 0 spiro atoms. The molecule has 3 aromatic rings. The van der Waals surface area contributed by atoms with E-state index in [1.54, 1.807) is 24.3 Å². The predicted octanol–water partition coefficient (Wildman–Crippen LogP) is 2.07. The van der Waals surface area contributed by atoms with Crippen LogP contribution in [0.4, 0.5) is 5.95 Å². The largest absolute Gasteiger partial charge is 0.507 e. The Balaban J connectivity index is 2.04. The lowest BCUT2D eigenvalue weighted by atomic mass is 10.1. The molecule has 4 N–H and O–H groups in total. The van der Waals surface area contributed by atoms with Crippen molar-refractivity contribution in [2.24, 2.45) is 0 Å². The fourth-order valence-electron chi connectivity index (χ4n) is 2.47. The van der Waals surface area contributed by atoms with Crippen LogP contribution in [0.2, 0.25) is 0 Å². The summed E-state index contributed by atoms with van der Waals surface area (Å²) < 4.78 is 0. The van der Waals surface area contributed by atoms with Crippen LogP contribution in [-0.2, 0) is 0 Å². The Labute approximate surface area is 166 Å². The molecular formula is C20H19N5O4. The highest BCUT2D eigenvalue weighted by atomic mass is 16.3. The summed E-state index contributed by atoms with van der Waals surface area (Å²) in [5.74, 6) is -2.48. The highest BCUT2D eigenvalue weighted by Gasteiger charge is 2.23. The average Bonchev–Trinajstić information content (AvgIpc) is 2.73. The Morgan fingerprint density at radius 2 is 1.31 bits per heavy atom. The molecule has 0 atom stereocenters. The number of hydrogen-bond donors (Lipinski definition) is 4. The van der Waals surface area contributed by atoms with Crippen LogP contribution in [0.15, 0.2) is 48.5 Å². The second-order valence-electron chi connectivity index (χ2n) is 6.05. The van der Waals surface area contributed by atoms with Crippen LogP contribution >= 0.6 is 0 Å². The number of carbonyl (C=O) groups excluding carboxylic acids is 2. The summed E-state index contributed by atoms with van der Waals surface area (Å²) in [4.78, 5) is 37.7. The number of para-hydroxylation sites is 2. The summed E-state index contributed by atoms with van der Waals surface area (Å²) >= 11 is 0. The van der Waals surface area contributed by atoms with Crippen LogP contribution < -0.4 is 10.9 Å². The second-order valence-corrected chi connectivity index (χ2v) is 6.05. The summed E-state index contributed by atoms with van der Waals surface area (Å²) in [5.41, 5.74) is 5.57. The number of nitrogens with one attached hydrogen (secondary N) is 2. The number of rotatable bonds is 8. The number of benzene rings is 2. The van der Waals surface area contributed by atoms with Gasteiger partial charge in [0.25, 0.3) is 0 Å². The second kappa shape index (κ2) is 8.89. The molecule has 0 amide bonds. The third kappa shape index (κ3) is 4.53. The Morgan fingerprint density at radius 3 is 1.76 bits per heavy atom. The van der Waals surface area contributed by atoms with Crippen molar-refractivity contribution in [1.82, 2.24) is 20.4 Å². The summed E-state index contributed by atoms with van der Waals surface area (Å²) in [6, 6.07) is 11.9. The maximum Gasteiger partial charge on any atom is 0.241 e. The van der Waals surface area contributed by atoms with Gasteiger partial charge < -0.3 is 10.2 Å². The summed E-state index contributed by atoms with van der Waals surface area (Å²) in [5, 5.41) is 19.9. The molecule has 0 aliphatic rings. The van der Waals surface area contributed by atoms with E-state index < -0.39 is 11.6 Å². The van der Waals surface area contributed by atoms with Crippen LogP contribution in [0, 0.1) is 0 Å². The topological polar surface area (TPSA) is 137 Å². The van der Waals surface area contributed by atoms with Crippen LogP contribution in [-0.4, -0.2) is 43.3 Å². The Hall–Kier alpha value is -3.85. The molecule has 1 heterocycles. The van der Waals surface area contributed by atoms with Gasteiger partial charge in [-0.15, -0.1) is 0 Å². The molecule has 0 aliphatic carbocycles. The number of anilines is 1. The molecule has 0 bridgehead atoms. The van der Waals surface area contributed by atoms with Crippen LogP contribution in [0.3, 0.4) is 0 Å². The SMILES string of the molecule is CCCNNc1nc(C(=O)c2ccccc2O)nc(C(=O)c2ccccc2O)n1. The quantitative estimate of drug-likeness (QED) is 0.257. The van der Waals surface area contributed by atoms with E-state index in [4.69, 9.17) is 0 Å². The standard InChI is InChI=1S/C20H19N5O4/c1-2-11-21-25-20-23-18(16(28)12-7-3-5-9-14(12)26)22-19(24-20)17(29)13-8-4-6-10-15(13)27/h3-10,21,26-27H,2,11H2,1H3,(H,22,23,24,25). The number of carbonyl (C=O) groups is 2. The van der Waals surface area contributed by atoms with E-state index in [0.717, 1.165) is 6.42 Å². The monoisotopic (exact) mass is 393 g/mol. The van der Waals surface area contributed by atoms with Crippen molar-refractivity contribution in [2.45, 2.75) is 13.3 Å². The van der Waals surface area contributed by atoms with Gasteiger partial charge in [0.05, 0.1) is 11.1 Å². The molecule has 148 valence electrons. The number of nitrogens with zero attached hydrogens (tertiary/aromatic N) is 3. The highest BCUT2D eigenvalue weighted by molar-refractivity contribution is 6.11. The van der Waals surface area contributed by atoms with Gasteiger partial charge in [0.2, 0.25) is 29.2 Å². The predicted molar refractivity (Wildman–Crippen MR) is 105 cm³/mol. The van der Waals surface area contributed by atoms with Crippen molar-refractivity contribution in [3.8, 4) is 11.5 Å². The van der Waals surface area contributed by atoms with E-state index in [1.807, 2.05) is 6.92 Å². The molecule has 3 rings (SSSR count). The fraction of sp³-hybridized carbons (Fsp3) is 0.150. The van der Waals surface area contributed by atoms with Crippen molar-refractivity contribution in [3.63, 3.8) is 0 Å². The number of phenols is 2. The van der Waals surface area contributed by atoms with Gasteiger partial charge in [0.1, 0.15) is 11.5 Å². The molecule has 0 fully saturated rings. The van der Waals surface area contributed by atoms with Gasteiger partial charge in [-0.2, -0.15) is 9.97 Å². The lowest BCUT2D eigenvalue weighted by Gasteiger charge is -2.10. The molecular weight excluding hydrogens is 374 g/mol. The van der Waals surface area contributed by atoms with E-state index >= 15 is 0 Å². The van der Waals surface area contributed by atoms with E-state index in [1.165, 1.54) is 24.3 Å². The number of ketones is 2. The number of hydrogen-bond acceptors (Lipinski definition) is 9. The first-order valence-corrected chi connectivity index (χ1v) is 8.91. The maximum absolute atomic E-state index is 12.8. The van der Waals surface area contributed by atoms with Crippen LogP contribution in [0.25, 0.3) is 0 Å². The zero-order chi connectivity index (χ0) is 20.8. The van der Waals surface area contributed by atoms with E-state index in [-0.39, 0.29) is 40.2 Å². The Bertz CT molecular complexity index is 979. The van der Waals surface area contributed by atoms with Crippen molar-refractivity contribution in [2.75, 3.05) is 12.0 Å². The lowest BCUT2D eigenvalue weighted by Crippen LogP contribution is -2.26. The first-order chi connectivity index (χ1) is 14.0. The minimum Gasteiger partial charge on any atom is -0.507 e. The van der Waals surface area contributed by atoms with Gasteiger partial charge >= 0.3 is 0 Å². The van der Waals surface area contributed by atoms with Crippen molar-refractivity contribution in [3.05, 3.63) is 71.3 Å². The maximum atomic E-state index is 12.8. The van der Waals surface area contributed by atoms with Gasteiger partial charge in [-0.25, -0.2) is 10.4 Å². The number of phenolic OH excluding ortho intramolecular Hbond substituents is 2. The first-order valence-electron chi connectivity index (χ1n) is 8.91. The van der Waals surface area contributed by atoms with Gasteiger partial charge in [-0.3, -0.25) is 15.0 Å². The van der Waals surface area contributed by atoms with Crippen molar-refractivity contribution >= 4 is 17.5 Å². The zero-order valence-corrected chi connectivity index (χ0v) is 15.6.